The van der Waals surface area contributed by atoms with Gasteiger partial charge in [-0.2, -0.15) is 0 Å². The second kappa shape index (κ2) is 8.04. The number of phenols is 2. The Morgan fingerprint density at radius 1 is 0.571 bits per heavy atom. The molecule has 28 heavy (non-hydrogen) atoms. The Hall–Kier alpha value is -2.20. The maximum atomic E-state index is 9.75. The molecule has 2 aliphatic rings. The highest BCUT2D eigenvalue weighted by Gasteiger charge is 2.49. The van der Waals surface area contributed by atoms with Crippen molar-refractivity contribution < 1.29 is 39.4 Å². The molecule has 0 spiro atoms. The summed E-state index contributed by atoms with van der Waals surface area (Å²) in [6.07, 6.45) is -4.14. The van der Waals surface area contributed by atoms with Crippen molar-refractivity contribution in [3.8, 4) is 11.5 Å². The highest BCUT2D eigenvalue weighted by Crippen LogP contribution is 2.40. The van der Waals surface area contributed by atoms with E-state index in [-0.39, 0.29) is 24.7 Å². The number of hydrogen-bond acceptors (Lipinski definition) is 8. The van der Waals surface area contributed by atoms with Crippen molar-refractivity contribution >= 4 is 0 Å². The third kappa shape index (κ3) is 3.70. The maximum Gasteiger partial charge on any atom is 0.184 e. The van der Waals surface area contributed by atoms with Gasteiger partial charge in [-0.25, -0.2) is 0 Å². The predicted molar refractivity (Wildman–Crippen MR) is 95.4 cm³/mol. The van der Waals surface area contributed by atoms with E-state index < -0.39 is 37.0 Å². The molecule has 0 amide bonds. The number of phenolic OH excluding ortho intramolecular Hbond substituents is 2. The van der Waals surface area contributed by atoms with Crippen LogP contribution in [0.15, 0.2) is 48.5 Å². The first-order chi connectivity index (χ1) is 13.6. The van der Waals surface area contributed by atoms with Gasteiger partial charge in [0.25, 0.3) is 0 Å². The van der Waals surface area contributed by atoms with Crippen LogP contribution in [0.5, 0.6) is 11.5 Å². The SMILES string of the molecule is OC[C@@H]1OC(c2ccc(O)cc2)O[C@H]1[C@@H]1OC(c2ccc(O)cc2)O[C@@H]1CO. The van der Waals surface area contributed by atoms with E-state index in [4.69, 9.17) is 18.9 Å². The summed E-state index contributed by atoms with van der Waals surface area (Å²) in [5.74, 6) is 0.253. The number of hydrogen-bond donors (Lipinski definition) is 4. The van der Waals surface area contributed by atoms with E-state index in [0.29, 0.717) is 11.1 Å². The van der Waals surface area contributed by atoms with Crippen molar-refractivity contribution in [3.05, 3.63) is 59.7 Å². The number of aliphatic hydroxyl groups excluding tert-OH is 2. The Kier molecular flexibility index (Phi) is 5.49. The Labute approximate surface area is 161 Å². The van der Waals surface area contributed by atoms with Gasteiger partial charge >= 0.3 is 0 Å². The lowest BCUT2D eigenvalue weighted by molar-refractivity contribution is -0.107. The van der Waals surface area contributed by atoms with Crippen LogP contribution in [0.1, 0.15) is 23.7 Å². The number of benzene rings is 2. The molecule has 2 saturated heterocycles. The molecule has 8 nitrogen and oxygen atoms in total. The monoisotopic (exact) mass is 390 g/mol. The van der Waals surface area contributed by atoms with E-state index in [2.05, 4.69) is 0 Å². The molecule has 4 rings (SSSR count). The summed E-state index contributed by atoms with van der Waals surface area (Å²) >= 11 is 0. The molecular weight excluding hydrogens is 368 g/mol. The number of aliphatic hydroxyl groups is 2. The minimum Gasteiger partial charge on any atom is -0.508 e. The average Bonchev–Trinajstić information content (AvgIpc) is 3.33. The molecule has 0 aliphatic carbocycles. The lowest BCUT2D eigenvalue weighted by atomic mass is 10.0. The van der Waals surface area contributed by atoms with E-state index >= 15 is 0 Å². The fourth-order valence-corrected chi connectivity index (χ4v) is 3.45. The van der Waals surface area contributed by atoms with Gasteiger partial charge in [-0.15, -0.1) is 0 Å². The third-order valence-electron chi connectivity index (χ3n) is 4.91. The van der Waals surface area contributed by atoms with Crippen LogP contribution >= 0.6 is 0 Å². The van der Waals surface area contributed by atoms with Crippen molar-refractivity contribution in [1.29, 1.82) is 0 Å². The minimum atomic E-state index is -0.738. The first kappa shape index (κ1) is 19.1. The molecule has 0 saturated carbocycles. The third-order valence-corrected chi connectivity index (χ3v) is 4.91. The number of rotatable bonds is 5. The molecule has 2 fully saturated rings. The summed E-state index contributed by atoms with van der Waals surface area (Å²) in [7, 11) is 0. The molecule has 2 aromatic rings. The van der Waals surface area contributed by atoms with Crippen LogP contribution in [-0.2, 0) is 18.9 Å². The molecule has 8 heteroatoms. The maximum absolute atomic E-state index is 9.75. The second-order valence-electron chi connectivity index (χ2n) is 6.76. The molecule has 2 heterocycles. The van der Waals surface area contributed by atoms with Crippen LogP contribution < -0.4 is 0 Å². The Balaban J connectivity index is 1.52. The van der Waals surface area contributed by atoms with Crippen LogP contribution in [0.4, 0.5) is 0 Å². The number of aromatic hydroxyl groups is 2. The van der Waals surface area contributed by atoms with Crippen molar-refractivity contribution in [1.82, 2.24) is 0 Å². The van der Waals surface area contributed by atoms with Gasteiger partial charge in [0.1, 0.15) is 35.9 Å². The van der Waals surface area contributed by atoms with Crippen molar-refractivity contribution in [2.24, 2.45) is 0 Å². The minimum absolute atomic E-state index is 0.126. The highest BCUT2D eigenvalue weighted by atomic mass is 16.8. The predicted octanol–water partition coefficient (Wildman–Crippen LogP) is 1.35. The normalized spacial score (nSPS) is 32.6. The van der Waals surface area contributed by atoms with E-state index in [1.54, 1.807) is 24.3 Å². The quantitative estimate of drug-likeness (QED) is 0.604. The average molecular weight is 390 g/mol. The Bertz CT molecular complexity index is 710. The molecular formula is C20H22O8. The van der Waals surface area contributed by atoms with Crippen molar-refractivity contribution in [2.75, 3.05) is 13.2 Å². The lowest BCUT2D eigenvalue weighted by Crippen LogP contribution is -2.44. The molecule has 0 aromatic heterocycles. The van der Waals surface area contributed by atoms with Gasteiger partial charge < -0.3 is 39.4 Å². The zero-order valence-electron chi connectivity index (χ0n) is 14.9. The second-order valence-corrected chi connectivity index (χ2v) is 6.76. The lowest BCUT2D eigenvalue weighted by Gasteiger charge is -2.23. The highest BCUT2D eigenvalue weighted by molar-refractivity contribution is 5.28. The van der Waals surface area contributed by atoms with Crippen molar-refractivity contribution in [2.45, 2.75) is 37.0 Å². The molecule has 0 radical (unpaired) electrons. The Morgan fingerprint density at radius 3 is 1.25 bits per heavy atom. The standard InChI is InChI=1S/C20H22O8/c21-9-15-17(27-19(25-15)11-1-5-13(23)6-2-11)18-16(10-22)26-20(28-18)12-3-7-14(24)8-4-12/h1-8,15-24H,9-10H2/t15-,16+,17-,18-,19?,20?/m1/s1. The van der Waals surface area contributed by atoms with Gasteiger partial charge in [-0.05, 0) is 24.3 Å². The zero-order chi connectivity index (χ0) is 19.7. The van der Waals surface area contributed by atoms with Crippen LogP contribution in [0.3, 0.4) is 0 Å². The first-order valence-corrected chi connectivity index (χ1v) is 9.00. The Morgan fingerprint density at radius 2 is 0.929 bits per heavy atom. The summed E-state index contributed by atoms with van der Waals surface area (Å²) in [5.41, 5.74) is 1.38. The number of ether oxygens (including phenoxy) is 4. The fourth-order valence-electron chi connectivity index (χ4n) is 3.45. The first-order valence-electron chi connectivity index (χ1n) is 9.00. The van der Waals surface area contributed by atoms with Crippen LogP contribution in [-0.4, -0.2) is 58.1 Å². The molecule has 150 valence electrons. The summed E-state index contributed by atoms with van der Waals surface area (Å²) in [5, 5.41) is 38.4. The molecule has 4 N–H and O–H groups in total. The zero-order valence-corrected chi connectivity index (χ0v) is 14.9. The van der Waals surface area contributed by atoms with E-state index in [1.165, 1.54) is 24.3 Å². The molecule has 2 aliphatic heterocycles. The largest absolute Gasteiger partial charge is 0.508 e. The van der Waals surface area contributed by atoms with Crippen molar-refractivity contribution in [3.63, 3.8) is 0 Å². The summed E-state index contributed by atoms with van der Waals surface area (Å²) in [6.45, 7) is -0.581. The van der Waals surface area contributed by atoms with Crippen LogP contribution in [0, 0.1) is 0 Å². The topological polar surface area (TPSA) is 118 Å². The summed E-state index contributed by atoms with van der Waals surface area (Å²) in [4.78, 5) is 0. The van der Waals surface area contributed by atoms with Gasteiger partial charge in [0.15, 0.2) is 12.6 Å². The molecule has 6 atom stereocenters. The fraction of sp³-hybridized carbons (Fsp3) is 0.400. The van der Waals surface area contributed by atoms with Gasteiger partial charge in [-0.3, -0.25) is 0 Å². The van der Waals surface area contributed by atoms with E-state index in [0.717, 1.165) is 0 Å². The van der Waals surface area contributed by atoms with E-state index in [1.807, 2.05) is 0 Å². The smallest absolute Gasteiger partial charge is 0.184 e. The van der Waals surface area contributed by atoms with Gasteiger partial charge in [0.05, 0.1) is 13.2 Å². The van der Waals surface area contributed by atoms with Gasteiger partial charge in [0, 0.05) is 11.1 Å². The van der Waals surface area contributed by atoms with Crippen LogP contribution in [0.25, 0.3) is 0 Å². The molecule has 0 bridgehead atoms. The van der Waals surface area contributed by atoms with Crippen LogP contribution in [0.2, 0.25) is 0 Å². The van der Waals surface area contributed by atoms with Gasteiger partial charge in [0.2, 0.25) is 0 Å². The van der Waals surface area contributed by atoms with Gasteiger partial charge in [-0.1, -0.05) is 24.3 Å². The molecule has 2 aromatic carbocycles. The molecule has 2 unspecified atom stereocenters. The summed E-state index contributed by atoms with van der Waals surface area (Å²) in [6, 6.07) is 12.8. The van der Waals surface area contributed by atoms with E-state index in [9.17, 15) is 20.4 Å². The summed E-state index contributed by atoms with van der Waals surface area (Å²) < 4.78 is 23.6.